The van der Waals surface area contributed by atoms with Crippen molar-refractivity contribution in [3.8, 4) is 0 Å². The van der Waals surface area contributed by atoms with Crippen molar-refractivity contribution in [1.82, 2.24) is 10.2 Å². The van der Waals surface area contributed by atoms with Crippen molar-refractivity contribution in [3.63, 3.8) is 0 Å². The SMILES string of the molecule is O=C(CC(c1ccccc1)c1ccccc1)N[C@@H]1CCN2CCCC[C@@H]12. The maximum atomic E-state index is 12.9. The Balaban J connectivity index is 1.46. The number of benzene rings is 2. The first-order valence-corrected chi connectivity index (χ1v) is 9.94. The summed E-state index contributed by atoms with van der Waals surface area (Å²) in [5.41, 5.74) is 2.42. The maximum Gasteiger partial charge on any atom is 0.221 e. The van der Waals surface area contributed by atoms with Gasteiger partial charge in [0.2, 0.25) is 5.91 Å². The molecule has 2 saturated heterocycles. The molecule has 4 rings (SSSR count). The van der Waals surface area contributed by atoms with Crippen molar-refractivity contribution in [1.29, 1.82) is 0 Å². The Morgan fingerprint density at radius 3 is 2.23 bits per heavy atom. The molecule has 2 aliphatic rings. The maximum absolute atomic E-state index is 12.9. The summed E-state index contributed by atoms with van der Waals surface area (Å²) in [6, 6.07) is 21.7. The second kappa shape index (κ2) is 8.05. The monoisotopic (exact) mass is 348 g/mol. The Kier molecular flexibility index (Phi) is 5.35. The highest BCUT2D eigenvalue weighted by Gasteiger charge is 2.36. The lowest BCUT2D eigenvalue weighted by molar-refractivity contribution is -0.122. The van der Waals surface area contributed by atoms with Crippen LogP contribution in [0.15, 0.2) is 60.7 Å². The number of carbonyl (C=O) groups is 1. The summed E-state index contributed by atoms with van der Waals surface area (Å²) in [5, 5.41) is 3.37. The van der Waals surface area contributed by atoms with Crippen LogP contribution in [0.2, 0.25) is 0 Å². The summed E-state index contributed by atoms with van der Waals surface area (Å²) in [4.78, 5) is 15.5. The van der Waals surface area contributed by atoms with Gasteiger partial charge in [0.1, 0.15) is 0 Å². The van der Waals surface area contributed by atoms with Crippen LogP contribution in [0.3, 0.4) is 0 Å². The lowest BCUT2D eigenvalue weighted by atomic mass is 9.88. The lowest BCUT2D eigenvalue weighted by Crippen LogP contribution is -2.47. The van der Waals surface area contributed by atoms with Crippen molar-refractivity contribution in [2.45, 2.75) is 50.1 Å². The second-order valence-corrected chi connectivity index (χ2v) is 7.64. The number of amides is 1. The number of hydrogen-bond donors (Lipinski definition) is 1. The third kappa shape index (κ3) is 3.83. The number of fused-ring (bicyclic) bond motifs is 1. The average Bonchev–Trinajstić information content (AvgIpc) is 3.10. The molecular formula is C23H28N2O. The van der Waals surface area contributed by atoms with E-state index >= 15 is 0 Å². The summed E-state index contributed by atoms with van der Waals surface area (Å²) >= 11 is 0. The zero-order valence-corrected chi connectivity index (χ0v) is 15.3. The van der Waals surface area contributed by atoms with E-state index in [1.807, 2.05) is 12.1 Å². The van der Waals surface area contributed by atoms with Crippen LogP contribution in [0.1, 0.15) is 49.1 Å². The topological polar surface area (TPSA) is 32.3 Å². The Hall–Kier alpha value is -2.13. The molecule has 1 amide bonds. The lowest BCUT2D eigenvalue weighted by Gasteiger charge is -2.32. The molecular weight excluding hydrogens is 320 g/mol. The zero-order chi connectivity index (χ0) is 17.8. The Morgan fingerprint density at radius 1 is 0.923 bits per heavy atom. The first kappa shape index (κ1) is 17.3. The van der Waals surface area contributed by atoms with Gasteiger partial charge in [-0.05, 0) is 36.9 Å². The van der Waals surface area contributed by atoms with Gasteiger partial charge >= 0.3 is 0 Å². The first-order valence-electron chi connectivity index (χ1n) is 9.94. The van der Waals surface area contributed by atoms with Crippen LogP contribution in [0.25, 0.3) is 0 Å². The van der Waals surface area contributed by atoms with Crippen LogP contribution in [0.4, 0.5) is 0 Å². The zero-order valence-electron chi connectivity index (χ0n) is 15.3. The molecule has 1 N–H and O–H groups in total. The van der Waals surface area contributed by atoms with Gasteiger partial charge in [-0.1, -0.05) is 67.1 Å². The van der Waals surface area contributed by atoms with E-state index in [9.17, 15) is 4.79 Å². The molecule has 2 aromatic rings. The van der Waals surface area contributed by atoms with Gasteiger partial charge in [-0.3, -0.25) is 9.69 Å². The predicted molar refractivity (Wildman–Crippen MR) is 105 cm³/mol. The minimum Gasteiger partial charge on any atom is -0.352 e. The number of piperidine rings is 1. The molecule has 26 heavy (non-hydrogen) atoms. The van der Waals surface area contributed by atoms with Gasteiger partial charge < -0.3 is 5.32 Å². The minimum atomic E-state index is 0.112. The predicted octanol–water partition coefficient (Wildman–Crippen LogP) is 3.95. The molecule has 0 aromatic heterocycles. The Labute approximate surface area is 156 Å². The fraction of sp³-hybridized carbons (Fsp3) is 0.435. The standard InChI is InChI=1S/C23H28N2O/c26-23(24-21-14-16-25-15-8-7-13-22(21)25)17-20(18-9-3-1-4-10-18)19-11-5-2-6-12-19/h1-6,9-12,20-22H,7-8,13-17H2,(H,24,26)/t21-,22+/m1/s1. The van der Waals surface area contributed by atoms with E-state index in [0.717, 1.165) is 13.0 Å². The molecule has 2 aromatic carbocycles. The van der Waals surface area contributed by atoms with Crippen LogP contribution in [-0.2, 0) is 4.79 Å². The molecule has 0 spiro atoms. The highest BCUT2D eigenvalue weighted by atomic mass is 16.1. The fourth-order valence-corrected chi connectivity index (χ4v) is 4.67. The molecule has 0 unspecified atom stereocenters. The van der Waals surface area contributed by atoms with Crippen LogP contribution in [0, 0.1) is 0 Å². The van der Waals surface area contributed by atoms with Gasteiger partial charge in [0.15, 0.2) is 0 Å². The summed E-state index contributed by atoms with van der Waals surface area (Å²) in [7, 11) is 0. The van der Waals surface area contributed by atoms with E-state index in [4.69, 9.17) is 0 Å². The Bertz CT molecular complexity index is 676. The molecule has 0 aliphatic carbocycles. The molecule has 3 nitrogen and oxygen atoms in total. The van der Waals surface area contributed by atoms with Crippen molar-refractivity contribution in [2.24, 2.45) is 0 Å². The van der Waals surface area contributed by atoms with E-state index in [0.29, 0.717) is 18.5 Å². The van der Waals surface area contributed by atoms with Crippen LogP contribution < -0.4 is 5.32 Å². The minimum absolute atomic E-state index is 0.112. The normalized spacial score (nSPS) is 23.0. The highest BCUT2D eigenvalue weighted by molar-refractivity contribution is 5.78. The molecule has 2 atom stereocenters. The third-order valence-corrected chi connectivity index (χ3v) is 6.00. The number of nitrogens with one attached hydrogen (secondary N) is 1. The van der Waals surface area contributed by atoms with Crippen LogP contribution >= 0.6 is 0 Å². The molecule has 0 saturated carbocycles. The number of nitrogens with zero attached hydrogens (tertiary/aromatic N) is 1. The quantitative estimate of drug-likeness (QED) is 0.887. The van der Waals surface area contributed by atoms with Gasteiger partial charge in [-0.25, -0.2) is 0 Å². The highest BCUT2D eigenvalue weighted by Crippen LogP contribution is 2.30. The van der Waals surface area contributed by atoms with Crippen molar-refractivity contribution < 1.29 is 4.79 Å². The number of rotatable bonds is 5. The first-order chi connectivity index (χ1) is 12.8. The van der Waals surface area contributed by atoms with E-state index in [-0.39, 0.29) is 11.8 Å². The third-order valence-electron chi connectivity index (χ3n) is 6.00. The Morgan fingerprint density at radius 2 is 1.58 bits per heavy atom. The summed E-state index contributed by atoms with van der Waals surface area (Å²) in [6.45, 7) is 2.34. The smallest absolute Gasteiger partial charge is 0.221 e. The largest absolute Gasteiger partial charge is 0.352 e. The molecule has 2 fully saturated rings. The second-order valence-electron chi connectivity index (χ2n) is 7.64. The summed E-state index contributed by atoms with van der Waals surface area (Å²) in [6.07, 6.45) is 5.44. The molecule has 136 valence electrons. The van der Waals surface area contributed by atoms with Gasteiger partial charge in [0.05, 0.1) is 0 Å². The average molecular weight is 348 g/mol. The summed E-state index contributed by atoms with van der Waals surface area (Å²) < 4.78 is 0. The van der Waals surface area contributed by atoms with Crippen LogP contribution in [0.5, 0.6) is 0 Å². The molecule has 3 heteroatoms. The number of hydrogen-bond acceptors (Lipinski definition) is 2. The van der Waals surface area contributed by atoms with E-state index in [2.05, 4.69) is 58.7 Å². The molecule has 0 radical (unpaired) electrons. The van der Waals surface area contributed by atoms with Crippen molar-refractivity contribution in [3.05, 3.63) is 71.8 Å². The van der Waals surface area contributed by atoms with E-state index in [1.54, 1.807) is 0 Å². The van der Waals surface area contributed by atoms with Gasteiger partial charge in [0, 0.05) is 31.0 Å². The number of carbonyl (C=O) groups excluding carboxylic acids is 1. The molecule has 2 heterocycles. The van der Waals surface area contributed by atoms with Crippen molar-refractivity contribution in [2.75, 3.05) is 13.1 Å². The van der Waals surface area contributed by atoms with Gasteiger partial charge in [-0.15, -0.1) is 0 Å². The molecule has 2 aliphatic heterocycles. The van der Waals surface area contributed by atoms with E-state index in [1.165, 1.54) is 36.9 Å². The fourth-order valence-electron chi connectivity index (χ4n) is 4.67. The molecule has 0 bridgehead atoms. The van der Waals surface area contributed by atoms with Gasteiger partial charge in [-0.2, -0.15) is 0 Å². The van der Waals surface area contributed by atoms with Crippen LogP contribution in [-0.4, -0.2) is 36.0 Å². The van der Waals surface area contributed by atoms with Crippen molar-refractivity contribution >= 4 is 5.91 Å². The summed E-state index contributed by atoms with van der Waals surface area (Å²) in [5.74, 6) is 0.293. The van der Waals surface area contributed by atoms with Gasteiger partial charge in [0.25, 0.3) is 0 Å². The van der Waals surface area contributed by atoms with E-state index < -0.39 is 0 Å².